The molecule has 1 heterocycles. The van der Waals surface area contributed by atoms with E-state index >= 15 is 0 Å². The summed E-state index contributed by atoms with van der Waals surface area (Å²) >= 11 is 1.45. The molecular weight excluding hydrogens is 346 g/mol. The lowest BCUT2D eigenvalue weighted by Gasteiger charge is -2.17. The summed E-state index contributed by atoms with van der Waals surface area (Å²) in [6, 6.07) is 7.65. The molecule has 2 aromatic rings. The first-order valence-corrected chi connectivity index (χ1v) is 8.70. The van der Waals surface area contributed by atoms with Gasteiger partial charge in [0, 0.05) is 10.4 Å². The number of hydrogen-bond donors (Lipinski definition) is 1. The highest BCUT2D eigenvalue weighted by Gasteiger charge is 2.24. The summed E-state index contributed by atoms with van der Waals surface area (Å²) in [5.41, 5.74) is 1.89. The number of halogens is 2. The van der Waals surface area contributed by atoms with E-state index in [-0.39, 0.29) is 11.7 Å². The molecule has 1 amide bonds. The minimum atomic E-state index is -2.90. The van der Waals surface area contributed by atoms with E-state index in [4.69, 9.17) is 0 Å². The normalized spacial score (nSPS) is 16.2. The first kappa shape index (κ1) is 17.4. The number of rotatable bonds is 4. The largest absolute Gasteiger partial charge is 0.435 e. The van der Waals surface area contributed by atoms with Crippen LogP contribution >= 0.6 is 11.3 Å². The van der Waals surface area contributed by atoms with Gasteiger partial charge in [-0.15, -0.1) is 11.3 Å². The fraction of sp³-hybridized carbons (Fsp3) is 0.333. The average molecular weight is 362 g/mol. The van der Waals surface area contributed by atoms with Crippen molar-refractivity contribution in [2.24, 2.45) is 5.92 Å². The van der Waals surface area contributed by atoms with E-state index < -0.39 is 6.61 Å². The van der Waals surface area contributed by atoms with E-state index in [2.05, 4.69) is 23.0 Å². The first-order valence-electron chi connectivity index (χ1n) is 7.88. The number of carbonyl (C=O) groups excluding carboxylic acids is 1. The van der Waals surface area contributed by atoms with Crippen LogP contribution in [-0.2, 0) is 12.8 Å². The molecule has 0 radical (unpaired) electrons. The Kier molecular flexibility index (Phi) is 5.00. The molecule has 1 aromatic carbocycles. The maximum absolute atomic E-state index is 12.4. The van der Waals surface area contributed by atoms with Crippen LogP contribution < -0.4 is 10.1 Å². The molecule has 0 unspecified atom stereocenters. The predicted molar refractivity (Wildman–Crippen MR) is 91.3 cm³/mol. The number of amides is 1. The van der Waals surface area contributed by atoms with Crippen LogP contribution in [0.15, 0.2) is 24.3 Å². The Morgan fingerprint density at radius 2 is 2.12 bits per heavy atom. The van der Waals surface area contributed by atoms with Gasteiger partial charge in [0.25, 0.3) is 5.91 Å². The van der Waals surface area contributed by atoms with Crippen molar-refractivity contribution in [3.63, 3.8) is 0 Å². The Morgan fingerprint density at radius 1 is 1.40 bits per heavy atom. The van der Waals surface area contributed by atoms with Gasteiger partial charge in [0.05, 0.1) is 5.56 Å². The Hall–Kier alpha value is -2.46. The molecule has 4 nitrogen and oxygen atoms in total. The number of hydrogen-bond acceptors (Lipinski definition) is 4. The number of nitriles is 1. The molecule has 7 heteroatoms. The zero-order valence-corrected chi connectivity index (χ0v) is 14.3. The number of alkyl halides is 2. The molecular formula is C18H16F2N2O2S. The summed E-state index contributed by atoms with van der Waals surface area (Å²) in [4.78, 5) is 13.5. The second-order valence-corrected chi connectivity index (χ2v) is 7.13. The van der Waals surface area contributed by atoms with Gasteiger partial charge in [-0.05, 0) is 55.0 Å². The summed E-state index contributed by atoms with van der Waals surface area (Å²) in [5, 5.41) is 12.8. The fourth-order valence-electron chi connectivity index (χ4n) is 2.92. The smallest absolute Gasteiger partial charge is 0.387 e. The molecule has 0 fully saturated rings. The molecule has 1 atom stereocenters. The molecule has 1 aliphatic rings. The van der Waals surface area contributed by atoms with Crippen molar-refractivity contribution < 1.29 is 18.3 Å². The van der Waals surface area contributed by atoms with Crippen molar-refractivity contribution in [1.82, 2.24) is 0 Å². The van der Waals surface area contributed by atoms with Crippen molar-refractivity contribution in [2.45, 2.75) is 32.8 Å². The standard InChI is InChI=1S/C18H16F2N2O2S/c1-10-2-7-13-14(9-21)17(25-15(13)8-10)22-16(23)11-3-5-12(6-4-11)24-18(19)20/h3-6,10,18H,2,7-8H2,1H3,(H,22,23)/t10-/m1/s1. The number of nitrogens with zero attached hydrogens (tertiary/aromatic N) is 1. The average Bonchev–Trinajstić information content (AvgIpc) is 2.90. The van der Waals surface area contributed by atoms with Crippen molar-refractivity contribution in [1.29, 1.82) is 5.26 Å². The lowest BCUT2D eigenvalue weighted by atomic mass is 9.88. The molecule has 1 N–H and O–H groups in total. The summed E-state index contributed by atoms with van der Waals surface area (Å²) < 4.78 is 28.6. The summed E-state index contributed by atoms with van der Waals surface area (Å²) in [7, 11) is 0. The fourth-order valence-corrected chi connectivity index (χ4v) is 4.28. The van der Waals surface area contributed by atoms with Gasteiger partial charge in [-0.25, -0.2) is 0 Å². The Morgan fingerprint density at radius 3 is 2.76 bits per heavy atom. The Balaban J connectivity index is 1.78. The molecule has 3 rings (SSSR count). The SMILES string of the molecule is C[C@@H]1CCc2c(sc(NC(=O)c3ccc(OC(F)F)cc3)c2C#N)C1. The lowest BCUT2D eigenvalue weighted by molar-refractivity contribution is -0.0498. The molecule has 25 heavy (non-hydrogen) atoms. The van der Waals surface area contributed by atoms with Crippen LogP contribution in [0.3, 0.4) is 0 Å². The zero-order chi connectivity index (χ0) is 18.0. The van der Waals surface area contributed by atoms with E-state index in [0.717, 1.165) is 29.7 Å². The van der Waals surface area contributed by atoms with Crippen molar-refractivity contribution >= 4 is 22.2 Å². The van der Waals surface area contributed by atoms with Crippen molar-refractivity contribution in [3.05, 3.63) is 45.8 Å². The summed E-state index contributed by atoms with van der Waals surface area (Å²) in [6.45, 7) is -0.728. The van der Waals surface area contributed by atoms with Crippen LogP contribution in [0.5, 0.6) is 5.75 Å². The van der Waals surface area contributed by atoms with Gasteiger partial charge in [-0.2, -0.15) is 14.0 Å². The van der Waals surface area contributed by atoms with Gasteiger partial charge in [0.1, 0.15) is 16.8 Å². The van der Waals surface area contributed by atoms with Gasteiger partial charge in [0.15, 0.2) is 0 Å². The highest BCUT2D eigenvalue weighted by atomic mass is 32.1. The summed E-state index contributed by atoms with van der Waals surface area (Å²) in [6.07, 6.45) is 2.81. The topological polar surface area (TPSA) is 62.1 Å². The van der Waals surface area contributed by atoms with Gasteiger partial charge in [-0.3, -0.25) is 4.79 Å². The molecule has 130 valence electrons. The number of ether oxygens (including phenoxy) is 1. The van der Waals surface area contributed by atoms with E-state index in [1.54, 1.807) is 0 Å². The maximum Gasteiger partial charge on any atom is 0.387 e. The Labute approximate surface area is 148 Å². The number of benzene rings is 1. The predicted octanol–water partition coefficient (Wildman–Crippen LogP) is 4.60. The number of thiophene rings is 1. The van der Waals surface area contributed by atoms with Crippen molar-refractivity contribution in [2.75, 3.05) is 5.32 Å². The zero-order valence-electron chi connectivity index (χ0n) is 13.5. The molecule has 0 saturated heterocycles. The van der Waals surface area contributed by atoms with Gasteiger partial charge in [0.2, 0.25) is 0 Å². The van der Waals surface area contributed by atoms with Crippen LogP contribution in [0.2, 0.25) is 0 Å². The third kappa shape index (κ3) is 3.80. The lowest BCUT2D eigenvalue weighted by Crippen LogP contribution is -2.12. The second-order valence-electron chi connectivity index (χ2n) is 6.02. The summed E-state index contributed by atoms with van der Waals surface area (Å²) in [5.74, 6) is 0.181. The minimum absolute atomic E-state index is 0.00941. The van der Waals surface area contributed by atoms with E-state index in [9.17, 15) is 18.8 Å². The van der Waals surface area contributed by atoms with E-state index in [1.165, 1.54) is 35.6 Å². The number of anilines is 1. The van der Waals surface area contributed by atoms with Crippen LogP contribution in [0.1, 0.15) is 39.7 Å². The molecule has 0 spiro atoms. The monoisotopic (exact) mass is 362 g/mol. The highest BCUT2D eigenvalue weighted by Crippen LogP contribution is 2.39. The molecule has 1 aromatic heterocycles. The van der Waals surface area contributed by atoms with E-state index in [1.807, 2.05) is 0 Å². The van der Waals surface area contributed by atoms with E-state index in [0.29, 0.717) is 22.0 Å². The second kappa shape index (κ2) is 7.19. The highest BCUT2D eigenvalue weighted by molar-refractivity contribution is 7.16. The minimum Gasteiger partial charge on any atom is -0.435 e. The van der Waals surface area contributed by atoms with Gasteiger partial charge < -0.3 is 10.1 Å². The number of carbonyl (C=O) groups is 1. The Bertz CT molecular complexity index is 825. The molecule has 0 saturated carbocycles. The third-order valence-electron chi connectivity index (χ3n) is 4.19. The van der Waals surface area contributed by atoms with Crippen LogP contribution in [-0.4, -0.2) is 12.5 Å². The number of fused-ring (bicyclic) bond motifs is 1. The molecule has 1 aliphatic carbocycles. The molecule has 0 bridgehead atoms. The van der Waals surface area contributed by atoms with Crippen LogP contribution in [0.25, 0.3) is 0 Å². The number of nitrogens with one attached hydrogen (secondary N) is 1. The van der Waals surface area contributed by atoms with Crippen LogP contribution in [0.4, 0.5) is 13.8 Å². The van der Waals surface area contributed by atoms with Crippen molar-refractivity contribution in [3.8, 4) is 11.8 Å². The van der Waals surface area contributed by atoms with Crippen LogP contribution in [0, 0.1) is 17.2 Å². The maximum atomic E-state index is 12.4. The molecule has 0 aliphatic heterocycles. The third-order valence-corrected chi connectivity index (χ3v) is 5.36. The van der Waals surface area contributed by atoms with Gasteiger partial charge in [-0.1, -0.05) is 6.92 Å². The quantitative estimate of drug-likeness (QED) is 0.865. The first-order chi connectivity index (χ1) is 12.0. The van der Waals surface area contributed by atoms with Gasteiger partial charge >= 0.3 is 6.61 Å².